The monoisotopic (exact) mass is 207 g/mol. The molecule has 0 aliphatic rings. The molecule has 0 radical (unpaired) electrons. The van der Waals surface area contributed by atoms with Crippen molar-refractivity contribution < 1.29 is 4.79 Å². The van der Waals surface area contributed by atoms with Crippen LogP contribution < -0.4 is 11.1 Å². The van der Waals surface area contributed by atoms with E-state index in [-0.39, 0.29) is 11.9 Å². The Morgan fingerprint density at radius 2 is 2.07 bits per heavy atom. The van der Waals surface area contributed by atoms with E-state index in [1.54, 1.807) is 18.2 Å². The Bertz CT molecular complexity index is 349. The zero-order valence-electron chi connectivity index (χ0n) is 9.32. The lowest BCUT2D eigenvalue weighted by atomic mass is 10.1. The third kappa shape index (κ3) is 3.23. The number of hydrogen-bond acceptors (Lipinski definition) is 3. The maximum absolute atomic E-state index is 11.7. The predicted octanol–water partition coefficient (Wildman–Crippen LogP) is 1.44. The summed E-state index contributed by atoms with van der Waals surface area (Å²) < 4.78 is 0. The maximum atomic E-state index is 11.7. The van der Waals surface area contributed by atoms with Crippen molar-refractivity contribution >= 4 is 11.7 Å². The molecule has 3 N–H and O–H groups in total. The number of nitrogens with one attached hydrogen (secondary N) is 1. The lowest BCUT2D eigenvalue weighted by Gasteiger charge is -2.16. The minimum absolute atomic E-state index is 0.126. The van der Waals surface area contributed by atoms with Crippen molar-refractivity contribution in [3.63, 3.8) is 0 Å². The number of pyridine rings is 1. The molecule has 1 aromatic heterocycles. The second-order valence-electron chi connectivity index (χ2n) is 3.95. The smallest absolute Gasteiger partial charge is 0.270 e. The van der Waals surface area contributed by atoms with Crippen molar-refractivity contribution in [1.29, 1.82) is 0 Å². The van der Waals surface area contributed by atoms with Gasteiger partial charge in [0.25, 0.3) is 5.91 Å². The number of carbonyl (C=O) groups excluding carboxylic acids is 1. The van der Waals surface area contributed by atoms with Crippen LogP contribution in [0.3, 0.4) is 0 Å². The largest absolute Gasteiger partial charge is 0.384 e. The molecular weight excluding hydrogens is 190 g/mol. The molecule has 0 saturated heterocycles. The quantitative estimate of drug-likeness (QED) is 0.788. The van der Waals surface area contributed by atoms with Crippen molar-refractivity contribution in [3.05, 3.63) is 23.9 Å². The lowest BCUT2D eigenvalue weighted by Crippen LogP contribution is -2.36. The van der Waals surface area contributed by atoms with Crippen LogP contribution in [0, 0.1) is 5.92 Å². The van der Waals surface area contributed by atoms with Gasteiger partial charge in [-0.1, -0.05) is 19.9 Å². The zero-order valence-corrected chi connectivity index (χ0v) is 9.32. The Kier molecular flexibility index (Phi) is 3.66. The van der Waals surface area contributed by atoms with E-state index in [9.17, 15) is 4.79 Å². The molecule has 1 amide bonds. The van der Waals surface area contributed by atoms with E-state index >= 15 is 0 Å². The molecule has 1 unspecified atom stereocenters. The van der Waals surface area contributed by atoms with E-state index in [1.165, 1.54) is 0 Å². The van der Waals surface area contributed by atoms with E-state index in [1.807, 2.05) is 6.92 Å². The topological polar surface area (TPSA) is 68.0 Å². The molecule has 4 heteroatoms. The summed E-state index contributed by atoms with van der Waals surface area (Å²) in [7, 11) is 0. The number of rotatable bonds is 3. The summed E-state index contributed by atoms with van der Waals surface area (Å²) in [5.74, 6) is 0.582. The molecule has 82 valence electrons. The van der Waals surface area contributed by atoms with Gasteiger partial charge in [-0.25, -0.2) is 4.98 Å². The Balaban J connectivity index is 2.69. The summed E-state index contributed by atoms with van der Waals surface area (Å²) in [6.45, 7) is 6.07. The second kappa shape index (κ2) is 4.77. The summed E-state index contributed by atoms with van der Waals surface area (Å²) in [4.78, 5) is 15.6. The summed E-state index contributed by atoms with van der Waals surface area (Å²) in [6, 6.07) is 5.15. The highest BCUT2D eigenvalue weighted by Gasteiger charge is 2.13. The Morgan fingerprint density at radius 3 is 2.60 bits per heavy atom. The number of anilines is 1. The molecule has 1 atom stereocenters. The molecule has 0 spiro atoms. The van der Waals surface area contributed by atoms with Gasteiger partial charge in [-0.05, 0) is 25.0 Å². The molecule has 0 aromatic carbocycles. The average Bonchev–Trinajstić information content (AvgIpc) is 2.17. The molecule has 0 bridgehead atoms. The molecule has 1 rings (SSSR count). The normalized spacial score (nSPS) is 12.5. The number of carbonyl (C=O) groups is 1. The number of nitrogen functional groups attached to an aromatic ring is 1. The fraction of sp³-hybridized carbons (Fsp3) is 0.455. The Hall–Kier alpha value is -1.58. The van der Waals surface area contributed by atoms with Crippen LogP contribution in [-0.4, -0.2) is 16.9 Å². The number of nitrogens with zero attached hydrogens (tertiary/aromatic N) is 1. The molecule has 15 heavy (non-hydrogen) atoms. The van der Waals surface area contributed by atoms with Crippen LogP contribution in [-0.2, 0) is 0 Å². The summed E-state index contributed by atoms with van der Waals surface area (Å²) >= 11 is 0. The van der Waals surface area contributed by atoms with Crippen LogP contribution in [0.25, 0.3) is 0 Å². The van der Waals surface area contributed by atoms with Crippen molar-refractivity contribution in [1.82, 2.24) is 10.3 Å². The summed E-state index contributed by atoms with van der Waals surface area (Å²) in [5.41, 5.74) is 5.86. The van der Waals surface area contributed by atoms with Crippen LogP contribution in [0.5, 0.6) is 0 Å². The van der Waals surface area contributed by atoms with Crippen LogP contribution in [0.4, 0.5) is 5.82 Å². The minimum atomic E-state index is -0.177. The van der Waals surface area contributed by atoms with Crippen LogP contribution in [0.15, 0.2) is 18.2 Å². The highest BCUT2D eigenvalue weighted by atomic mass is 16.1. The van der Waals surface area contributed by atoms with Gasteiger partial charge in [0, 0.05) is 6.04 Å². The van der Waals surface area contributed by atoms with E-state index in [0.29, 0.717) is 17.4 Å². The second-order valence-corrected chi connectivity index (χ2v) is 3.95. The summed E-state index contributed by atoms with van der Waals surface area (Å²) in [5, 5.41) is 2.87. The Morgan fingerprint density at radius 1 is 1.40 bits per heavy atom. The standard InChI is InChI=1S/C11H17N3O/c1-7(2)8(3)13-11(15)9-5-4-6-10(12)14-9/h4-8H,1-3H3,(H2,12,14)(H,13,15). The van der Waals surface area contributed by atoms with Crippen molar-refractivity contribution in [2.45, 2.75) is 26.8 Å². The lowest BCUT2D eigenvalue weighted by molar-refractivity contribution is 0.0925. The average molecular weight is 207 g/mol. The molecule has 0 fully saturated rings. The highest BCUT2D eigenvalue weighted by Crippen LogP contribution is 2.04. The summed E-state index contributed by atoms with van der Waals surface area (Å²) in [6.07, 6.45) is 0. The van der Waals surface area contributed by atoms with Crippen molar-refractivity contribution in [3.8, 4) is 0 Å². The van der Waals surface area contributed by atoms with Gasteiger partial charge < -0.3 is 11.1 Å². The van der Waals surface area contributed by atoms with Crippen molar-refractivity contribution in [2.24, 2.45) is 5.92 Å². The molecule has 0 saturated carbocycles. The fourth-order valence-corrected chi connectivity index (χ4v) is 1.03. The first-order chi connectivity index (χ1) is 7.00. The van der Waals surface area contributed by atoms with Crippen LogP contribution >= 0.6 is 0 Å². The number of amides is 1. The van der Waals surface area contributed by atoms with E-state index < -0.39 is 0 Å². The molecule has 1 heterocycles. The molecule has 1 aromatic rings. The Labute approximate surface area is 89.9 Å². The van der Waals surface area contributed by atoms with E-state index in [2.05, 4.69) is 24.1 Å². The van der Waals surface area contributed by atoms with E-state index in [4.69, 9.17) is 5.73 Å². The van der Waals surface area contributed by atoms with Crippen LogP contribution in [0.2, 0.25) is 0 Å². The predicted molar refractivity (Wildman–Crippen MR) is 60.4 cm³/mol. The molecular formula is C11H17N3O. The van der Waals surface area contributed by atoms with Crippen LogP contribution in [0.1, 0.15) is 31.3 Å². The highest BCUT2D eigenvalue weighted by molar-refractivity contribution is 5.92. The van der Waals surface area contributed by atoms with Gasteiger partial charge in [0.15, 0.2) is 0 Å². The van der Waals surface area contributed by atoms with Gasteiger partial charge in [0.05, 0.1) is 0 Å². The van der Waals surface area contributed by atoms with Gasteiger partial charge in [-0.3, -0.25) is 4.79 Å². The zero-order chi connectivity index (χ0) is 11.4. The molecule has 0 aliphatic carbocycles. The van der Waals surface area contributed by atoms with Gasteiger partial charge in [-0.2, -0.15) is 0 Å². The first-order valence-corrected chi connectivity index (χ1v) is 5.04. The SMILES string of the molecule is CC(C)C(C)NC(=O)c1cccc(N)n1. The molecule has 0 aliphatic heterocycles. The van der Waals surface area contributed by atoms with Gasteiger partial charge in [-0.15, -0.1) is 0 Å². The fourth-order valence-electron chi connectivity index (χ4n) is 1.03. The maximum Gasteiger partial charge on any atom is 0.270 e. The van der Waals surface area contributed by atoms with E-state index in [0.717, 1.165) is 0 Å². The number of nitrogens with two attached hydrogens (primary N) is 1. The number of aromatic nitrogens is 1. The first-order valence-electron chi connectivity index (χ1n) is 5.04. The third-order valence-electron chi connectivity index (χ3n) is 2.36. The van der Waals surface area contributed by atoms with Crippen molar-refractivity contribution in [2.75, 3.05) is 5.73 Å². The number of hydrogen-bond donors (Lipinski definition) is 2. The first kappa shape index (κ1) is 11.5. The molecule has 4 nitrogen and oxygen atoms in total. The van der Waals surface area contributed by atoms with Gasteiger partial charge in [0.1, 0.15) is 11.5 Å². The minimum Gasteiger partial charge on any atom is -0.384 e. The van der Waals surface area contributed by atoms with Gasteiger partial charge in [0.2, 0.25) is 0 Å². The van der Waals surface area contributed by atoms with Gasteiger partial charge >= 0.3 is 0 Å². The third-order valence-corrected chi connectivity index (χ3v) is 2.36.